The van der Waals surface area contributed by atoms with E-state index in [1.165, 1.54) is 84.0 Å². The van der Waals surface area contributed by atoms with Crippen LogP contribution in [0.5, 0.6) is 0 Å². The lowest BCUT2D eigenvalue weighted by molar-refractivity contribution is 0.944. The molecule has 9 rings (SSSR count). The molecule has 2 aliphatic carbocycles. The van der Waals surface area contributed by atoms with Gasteiger partial charge < -0.3 is 4.90 Å². The second-order valence-corrected chi connectivity index (χ2v) is 10.3. The maximum absolute atomic E-state index is 4.95. The van der Waals surface area contributed by atoms with Gasteiger partial charge in [0.2, 0.25) is 0 Å². The Morgan fingerprint density at radius 2 is 1.17 bits per heavy atom. The lowest BCUT2D eigenvalue weighted by atomic mass is 9.84. The molecule has 0 unspecified atom stereocenters. The van der Waals surface area contributed by atoms with Crippen molar-refractivity contribution in [3.63, 3.8) is 0 Å². The Balaban J connectivity index is 1.33. The number of fused-ring (bicyclic) bond motifs is 12. The van der Waals surface area contributed by atoms with E-state index in [1.807, 2.05) is 6.20 Å². The lowest BCUT2D eigenvalue weighted by Crippen LogP contribution is -2.27. The zero-order chi connectivity index (χ0) is 22.7. The van der Waals surface area contributed by atoms with Crippen LogP contribution in [-0.4, -0.2) is 4.98 Å². The smallest absolute Gasteiger partial charge is 0.0716 e. The van der Waals surface area contributed by atoms with Crippen molar-refractivity contribution in [2.75, 3.05) is 4.90 Å². The molecule has 0 saturated carbocycles. The summed E-state index contributed by atoms with van der Waals surface area (Å²) in [4.78, 5) is 7.54. The third-order valence-corrected chi connectivity index (χ3v) is 8.62. The predicted molar refractivity (Wildman–Crippen MR) is 141 cm³/mol. The molecule has 1 aromatic heterocycles. The third kappa shape index (κ3) is 2.23. The standard InChI is InChI=1S/C33H22N2/c1-3-7-23-19(5-1)16-27-25(23)11-12-31-28(27)18-30-33-22(13-14-34-30)15-21-9-10-26-24-8-4-2-6-20(24)17-29(26)32(21)35(31)33/h1-14H,15-18H2. The van der Waals surface area contributed by atoms with Crippen molar-refractivity contribution in [1.82, 2.24) is 4.98 Å². The molecule has 3 heterocycles. The summed E-state index contributed by atoms with van der Waals surface area (Å²) in [5, 5.41) is 0. The van der Waals surface area contributed by atoms with Crippen LogP contribution < -0.4 is 4.90 Å². The molecule has 0 fully saturated rings. The molecule has 2 aliphatic heterocycles. The second-order valence-electron chi connectivity index (χ2n) is 10.3. The van der Waals surface area contributed by atoms with E-state index in [0.29, 0.717) is 0 Å². The minimum Gasteiger partial charge on any atom is -0.307 e. The number of hydrogen-bond acceptors (Lipinski definition) is 2. The summed E-state index contributed by atoms with van der Waals surface area (Å²) >= 11 is 0. The fraction of sp³-hybridized carbons (Fsp3) is 0.121. The molecule has 0 spiro atoms. The average Bonchev–Trinajstić information content (AvgIpc) is 3.47. The molecule has 0 atom stereocenters. The molecule has 5 aromatic rings. The van der Waals surface area contributed by atoms with Gasteiger partial charge in [0.1, 0.15) is 0 Å². The number of rotatable bonds is 0. The van der Waals surface area contributed by atoms with Crippen LogP contribution in [0.15, 0.2) is 85.1 Å². The van der Waals surface area contributed by atoms with Gasteiger partial charge in [-0.1, -0.05) is 66.7 Å². The van der Waals surface area contributed by atoms with Crippen molar-refractivity contribution in [1.29, 1.82) is 0 Å². The van der Waals surface area contributed by atoms with Gasteiger partial charge in [0.15, 0.2) is 0 Å². The summed E-state index contributed by atoms with van der Waals surface area (Å²) in [7, 11) is 0. The van der Waals surface area contributed by atoms with Crippen molar-refractivity contribution < 1.29 is 0 Å². The Morgan fingerprint density at radius 1 is 0.486 bits per heavy atom. The van der Waals surface area contributed by atoms with E-state index in [1.54, 1.807) is 0 Å². The molecule has 0 saturated heterocycles. The Kier molecular flexibility index (Phi) is 3.27. The number of pyridine rings is 1. The van der Waals surface area contributed by atoms with E-state index in [4.69, 9.17) is 4.98 Å². The number of hydrogen-bond donors (Lipinski definition) is 0. The normalized spacial score (nSPS) is 14.9. The predicted octanol–water partition coefficient (Wildman–Crippen LogP) is 7.50. The monoisotopic (exact) mass is 446 g/mol. The zero-order valence-electron chi connectivity index (χ0n) is 19.3. The van der Waals surface area contributed by atoms with E-state index >= 15 is 0 Å². The van der Waals surface area contributed by atoms with Gasteiger partial charge in [0.05, 0.1) is 22.8 Å². The molecular formula is C33H22N2. The van der Waals surface area contributed by atoms with Gasteiger partial charge in [0, 0.05) is 25.5 Å². The highest BCUT2D eigenvalue weighted by Crippen LogP contribution is 2.56. The van der Waals surface area contributed by atoms with Gasteiger partial charge in [-0.3, -0.25) is 4.98 Å². The summed E-state index contributed by atoms with van der Waals surface area (Å²) in [6.07, 6.45) is 5.93. The van der Waals surface area contributed by atoms with E-state index < -0.39 is 0 Å². The van der Waals surface area contributed by atoms with E-state index in [-0.39, 0.29) is 0 Å². The largest absolute Gasteiger partial charge is 0.307 e. The van der Waals surface area contributed by atoms with Crippen LogP contribution >= 0.6 is 0 Å². The molecule has 0 bridgehead atoms. The second kappa shape index (κ2) is 6.28. The van der Waals surface area contributed by atoms with Crippen molar-refractivity contribution in [3.05, 3.63) is 130 Å². The summed E-state index contributed by atoms with van der Waals surface area (Å²) in [6.45, 7) is 0. The van der Waals surface area contributed by atoms with Crippen LogP contribution in [0.3, 0.4) is 0 Å². The molecular weight excluding hydrogens is 424 g/mol. The quantitative estimate of drug-likeness (QED) is 0.240. The highest BCUT2D eigenvalue weighted by molar-refractivity contribution is 5.96. The van der Waals surface area contributed by atoms with Crippen molar-refractivity contribution in [3.8, 4) is 22.3 Å². The first-order valence-corrected chi connectivity index (χ1v) is 12.6. The maximum atomic E-state index is 4.95. The number of anilines is 3. The van der Waals surface area contributed by atoms with Crippen LogP contribution in [-0.2, 0) is 25.7 Å². The topological polar surface area (TPSA) is 16.1 Å². The fourth-order valence-corrected chi connectivity index (χ4v) is 7.15. The average molecular weight is 447 g/mol. The molecule has 0 N–H and O–H groups in total. The summed E-state index contributed by atoms with van der Waals surface area (Å²) < 4.78 is 0. The SMILES string of the molecule is c1ccc2c(c1)Cc1c-2ccc2c1Cc1nccc3c1N2c1c(ccc2c1Cc1ccccc1-2)C3. The van der Waals surface area contributed by atoms with Crippen molar-refractivity contribution >= 4 is 17.1 Å². The summed E-state index contributed by atoms with van der Waals surface area (Å²) in [5.41, 5.74) is 21.0. The minimum atomic E-state index is 0.913. The molecule has 2 nitrogen and oxygen atoms in total. The van der Waals surface area contributed by atoms with E-state index in [0.717, 1.165) is 25.7 Å². The highest BCUT2D eigenvalue weighted by Gasteiger charge is 2.37. The van der Waals surface area contributed by atoms with Crippen LogP contribution in [0.2, 0.25) is 0 Å². The Hall–Kier alpha value is -4.17. The first-order valence-electron chi connectivity index (χ1n) is 12.6. The van der Waals surface area contributed by atoms with Gasteiger partial charge in [-0.25, -0.2) is 0 Å². The molecule has 35 heavy (non-hydrogen) atoms. The van der Waals surface area contributed by atoms with Crippen LogP contribution in [0.1, 0.15) is 44.6 Å². The summed E-state index contributed by atoms with van der Waals surface area (Å²) in [6, 6.07) is 29.5. The molecule has 164 valence electrons. The van der Waals surface area contributed by atoms with Gasteiger partial charge in [-0.2, -0.15) is 0 Å². The Labute approximate surface area is 204 Å². The van der Waals surface area contributed by atoms with Gasteiger partial charge >= 0.3 is 0 Å². The fourth-order valence-electron chi connectivity index (χ4n) is 7.15. The van der Waals surface area contributed by atoms with Crippen molar-refractivity contribution in [2.24, 2.45) is 0 Å². The van der Waals surface area contributed by atoms with Crippen LogP contribution in [0.25, 0.3) is 22.3 Å². The first kappa shape index (κ1) is 18.2. The molecule has 4 aliphatic rings. The summed E-state index contributed by atoms with van der Waals surface area (Å²) in [5.74, 6) is 0. The van der Waals surface area contributed by atoms with Gasteiger partial charge in [0.25, 0.3) is 0 Å². The van der Waals surface area contributed by atoms with Crippen LogP contribution in [0, 0.1) is 0 Å². The lowest BCUT2D eigenvalue weighted by Gasteiger charge is -2.40. The third-order valence-electron chi connectivity index (χ3n) is 8.62. The molecule has 0 amide bonds. The molecule has 0 radical (unpaired) electrons. The van der Waals surface area contributed by atoms with Crippen LogP contribution in [0.4, 0.5) is 17.1 Å². The molecule has 4 aromatic carbocycles. The Morgan fingerprint density at radius 3 is 2.00 bits per heavy atom. The highest BCUT2D eigenvalue weighted by atomic mass is 15.2. The van der Waals surface area contributed by atoms with Gasteiger partial charge in [-0.05, 0) is 79.8 Å². The number of aromatic nitrogens is 1. The zero-order valence-corrected chi connectivity index (χ0v) is 19.3. The minimum absolute atomic E-state index is 0.913. The van der Waals surface area contributed by atoms with E-state index in [9.17, 15) is 0 Å². The maximum Gasteiger partial charge on any atom is 0.0716 e. The molecule has 2 heteroatoms. The first-order chi connectivity index (χ1) is 17.3. The van der Waals surface area contributed by atoms with Crippen molar-refractivity contribution in [2.45, 2.75) is 25.7 Å². The van der Waals surface area contributed by atoms with E-state index in [2.05, 4.69) is 83.8 Å². The Bertz CT molecular complexity index is 1760. The number of benzene rings is 4. The van der Waals surface area contributed by atoms with Gasteiger partial charge in [-0.15, -0.1) is 0 Å². The number of nitrogens with zero attached hydrogens (tertiary/aromatic N) is 2.